The van der Waals surface area contributed by atoms with Crippen LogP contribution in [0.5, 0.6) is 17.2 Å². The summed E-state index contributed by atoms with van der Waals surface area (Å²) >= 11 is 0. The van der Waals surface area contributed by atoms with E-state index >= 15 is 0 Å². The number of carbonyl (C=O) groups excluding carboxylic acids is 2. The molecule has 0 aliphatic carbocycles. The summed E-state index contributed by atoms with van der Waals surface area (Å²) in [5.74, 6) is -0.456. The Labute approximate surface area is 392 Å². The summed E-state index contributed by atoms with van der Waals surface area (Å²) in [6, 6.07) is 24.2. The predicted molar refractivity (Wildman–Crippen MR) is 213 cm³/mol. The zero-order chi connectivity index (χ0) is 42.4. The normalized spacial score (nSPS) is 18.8. The Morgan fingerprint density at radius 2 is 1.19 bits per heavy atom. The molecule has 290 valence electrons. The van der Waals surface area contributed by atoms with E-state index in [4.69, 9.17) is 19.7 Å². The number of ether oxygens (including phenoxy) is 3. The standard InChI is InChI=1S/C44H39N5O7.2Y/c1-26-13-34-38(45(2)22-32-17-29-9-5-7-11-36(29)47(32)43(34)50)20-40(26)55-24-27-14-28(16-31(15-27)49(52)53)25-56-42-21-39-35(19-41(42)54-4)44(51)48-33(23-46(39)3)18-30-10-6-8-12-37(30)48;;/h5-16,19-23,32-33H,17-18,24-25H2,1-4H3;;/q-2;;/t32-,33-;;/m0../s1/i24D2,25D2;;. The van der Waals surface area contributed by atoms with Gasteiger partial charge in [0.05, 0.1) is 28.6 Å². The Kier molecular flexibility index (Phi) is 10.6. The SMILES string of the molecule is [2H]C([2H])(Oc1cc2c(cc1C)C(=O)N1c3ccccc3C[C@H]1[CH-]N2C)c1cc([N+](=O)[O-])cc(C([2H])([2H])Oc2cc3c(cc2OC)C(=O)N2c4ccccc4C[C@H]2[CH-]N3C)c1.[Y].[Y]. The maximum Gasteiger partial charge on any atom is 0.270 e. The van der Waals surface area contributed by atoms with Crippen molar-refractivity contribution in [1.29, 1.82) is 0 Å². The summed E-state index contributed by atoms with van der Waals surface area (Å²) < 4.78 is 53.7. The minimum absolute atomic E-state index is 0. The first-order chi connectivity index (χ1) is 28.5. The van der Waals surface area contributed by atoms with E-state index in [1.54, 1.807) is 47.9 Å². The Bertz CT molecular complexity index is 2650. The third kappa shape index (κ3) is 7.42. The van der Waals surface area contributed by atoms with Gasteiger partial charge >= 0.3 is 0 Å². The predicted octanol–water partition coefficient (Wildman–Crippen LogP) is 7.43. The molecule has 0 N–H and O–H groups in total. The molecule has 14 heteroatoms. The van der Waals surface area contributed by atoms with Crippen LogP contribution in [0, 0.1) is 30.1 Å². The van der Waals surface area contributed by atoms with Crippen molar-refractivity contribution in [2.45, 2.75) is 45.0 Å². The Morgan fingerprint density at radius 1 is 0.707 bits per heavy atom. The van der Waals surface area contributed by atoms with Crippen molar-refractivity contribution >= 4 is 40.3 Å². The number of fused-ring (bicyclic) bond motifs is 8. The summed E-state index contributed by atoms with van der Waals surface area (Å²) in [7, 11) is 4.93. The van der Waals surface area contributed by atoms with Crippen molar-refractivity contribution in [2.75, 3.05) is 40.8 Å². The molecule has 0 unspecified atom stereocenters. The summed E-state index contributed by atoms with van der Waals surface area (Å²) in [5, 5.41) is 12.2. The van der Waals surface area contributed by atoms with Crippen LogP contribution in [0.15, 0.2) is 91.0 Å². The maximum absolute atomic E-state index is 14.1. The van der Waals surface area contributed by atoms with Gasteiger partial charge in [0.2, 0.25) is 0 Å². The number of aryl methyl sites for hydroxylation is 1. The van der Waals surface area contributed by atoms with Crippen molar-refractivity contribution in [3.05, 3.63) is 153 Å². The number of hydrogen-bond acceptors (Lipinski definition) is 9. The smallest absolute Gasteiger partial charge is 0.270 e. The van der Waals surface area contributed by atoms with Crippen molar-refractivity contribution in [3.63, 3.8) is 0 Å². The Morgan fingerprint density at radius 3 is 1.71 bits per heavy atom. The number of methoxy groups -OCH3 is 1. The van der Waals surface area contributed by atoms with Gasteiger partial charge in [-0.1, -0.05) is 48.5 Å². The van der Waals surface area contributed by atoms with E-state index in [2.05, 4.69) is 0 Å². The van der Waals surface area contributed by atoms with E-state index in [-0.39, 0.29) is 118 Å². The number of amides is 2. The topological polar surface area (TPSA) is 118 Å². The van der Waals surface area contributed by atoms with Crippen LogP contribution in [0.25, 0.3) is 0 Å². The van der Waals surface area contributed by atoms with Crippen LogP contribution in [0.3, 0.4) is 0 Å². The second-order valence-corrected chi connectivity index (χ2v) is 14.3. The zero-order valence-electron chi connectivity index (χ0n) is 36.1. The van der Waals surface area contributed by atoms with Gasteiger partial charge in [0, 0.05) is 112 Å². The molecule has 0 saturated carbocycles. The third-order valence-electron chi connectivity index (χ3n) is 10.7. The van der Waals surface area contributed by atoms with E-state index in [0.717, 1.165) is 40.7 Å². The van der Waals surface area contributed by atoms with Crippen LogP contribution >= 0.6 is 0 Å². The average molecular weight is 932 g/mol. The van der Waals surface area contributed by atoms with Gasteiger partial charge in [0.1, 0.15) is 18.9 Å². The zero-order valence-corrected chi connectivity index (χ0v) is 37.8. The molecule has 2 radical (unpaired) electrons. The first-order valence-corrected chi connectivity index (χ1v) is 18.1. The molecule has 0 bridgehead atoms. The molecule has 0 aromatic heterocycles. The van der Waals surface area contributed by atoms with E-state index in [0.29, 0.717) is 40.9 Å². The second kappa shape index (κ2) is 16.7. The largest absolute Gasteiger partial charge is 0.522 e. The second-order valence-electron chi connectivity index (χ2n) is 14.3. The van der Waals surface area contributed by atoms with Gasteiger partial charge in [-0.3, -0.25) is 19.7 Å². The van der Waals surface area contributed by atoms with Crippen molar-refractivity contribution < 1.29 is 99.6 Å². The number of nitrogens with zero attached hydrogens (tertiary/aromatic N) is 5. The molecule has 4 heterocycles. The van der Waals surface area contributed by atoms with E-state index in [1.807, 2.05) is 66.5 Å². The van der Waals surface area contributed by atoms with E-state index < -0.39 is 23.7 Å². The van der Waals surface area contributed by atoms with Gasteiger partial charge in [-0.05, 0) is 92.0 Å². The molecule has 2 atom stereocenters. The first kappa shape index (κ1) is 36.7. The van der Waals surface area contributed by atoms with Crippen molar-refractivity contribution in [2.24, 2.45) is 0 Å². The monoisotopic (exact) mass is 931 g/mol. The van der Waals surface area contributed by atoms with Gasteiger partial charge in [0.25, 0.3) is 17.5 Å². The number of benzene rings is 5. The van der Waals surface area contributed by atoms with Crippen LogP contribution in [0.1, 0.15) is 54.0 Å². The van der Waals surface area contributed by atoms with Crippen LogP contribution in [-0.4, -0.2) is 50.0 Å². The van der Waals surface area contributed by atoms with Crippen LogP contribution < -0.4 is 33.8 Å². The summed E-state index contributed by atoms with van der Waals surface area (Å²) in [6.45, 7) is -0.0150. The number of rotatable bonds is 8. The fourth-order valence-corrected chi connectivity index (χ4v) is 8.09. The molecule has 0 saturated heterocycles. The quantitative estimate of drug-likeness (QED) is 0.0890. The molecule has 5 aromatic rings. The fourth-order valence-electron chi connectivity index (χ4n) is 8.09. The van der Waals surface area contributed by atoms with Crippen LogP contribution in [0.2, 0.25) is 0 Å². The minimum Gasteiger partial charge on any atom is -0.522 e. The van der Waals surface area contributed by atoms with Gasteiger partial charge in [0.15, 0.2) is 11.5 Å². The molecule has 5 aromatic carbocycles. The molecule has 4 aliphatic heterocycles. The molecule has 9 rings (SSSR count). The molecule has 0 fully saturated rings. The molecule has 12 nitrogen and oxygen atoms in total. The minimum atomic E-state index is -2.79. The Balaban J connectivity index is 0.00000289. The number of non-ortho nitro benzene ring substituents is 1. The van der Waals surface area contributed by atoms with E-state index in [9.17, 15) is 19.7 Å². The first-order valence-electron chi connectivity index (χ1n) is 20.1. The molecular formula is C44H39N5O7Y2-2. The summed E-state index contributed by atoms with van der Waals surface area (Å²) in [6.07, 6.45) is 1.26. The Hall–Kier alpha value is -4.35. The number of anilines is 4. The maximum atomic E-state index is 14.1. The van der Waals surface area contributed by atoms with Crippen LogP contribution in [0.4, 0.5) is 28.4 Å². The fraction of sp³-hybridized carbons (Fsp3) is 0.227. The van der Waals surface area contributed by atoms with Crippen LogP contribution in [-0.2, 0) is 91.4 Å². The number of carbonyl (C=O) groups is 2. The summed E-state index contributed by atoms with van der Waals surface area (Å²) in [4.78, 5) is 46.7. The molecule has 58 heavy (non-hydrogen) atoms. The van der Waals surface area contributed by atoms with Gasteiger partial charge in [-0.25, -0.2) is 13.1 Å². The third-order valence-corrected chi connectivity index (χ3v) is 10.7. The average Bonchev–Trinajstić information content (AvgIpc) is 3.72. The van der Waals surface area contributed by atoms with Crippen molar-refractivity contribution in [1.82, 2.24) is 0 Å². The number of nitro groups is 1. The molecular weight excluding hydrogens is 888 g/mol. The molecule has 0 spiro atoms. The van der Waals surface area contributed by atoms with Gasteiger partial charge < -0.3 is 33.8 Å². The number of nitro benzene ring substituents is 1. The van der Waals surface area contributed by atoms with Crippen molar-refractivity contribution in [3.8, 4) is 17.2 Å². The van der Waals surface area contributed by atoms with E-state index in [1.165, 1.54) is 19.2 Å². The van der Waals surface area contributed by atoms with Gasteiger partial charge in [-0.15, -0.1) is 0 Å². The number of para-hydroxylation sites is 2. The molecule has 4 aliphatic rings. The number of hydrogen-bond donors (Lipinski definition) is 0. The summed E-state index contributed by atoms with van der Waals surface area (Å²) in [5.41, 5.74) is 4.46. The molecule has 2 amide bonds. The number of likely N-dealkylation sites (N-methyl/N-ethyl adjacent to an activating group) is 2. The van der Waals surface area contributed by atoms with Gasteiger partial charge in [-0.2, -0.15) is 0 Å².